The summed E-state index contributed by atoms with van der Waals surface area (Å²) in [5, 5.41) is 5.56. The summed E-state index contributed by atoms with van der Waals surface area (Å²) in [6, 6.07) is 13.9. The molecule has 0 unspecified atom stereocenters. The highest BCUT2D eigenvalue weighted by Gasteiger charge is 2.27. The van der Waals surface area contributed by atoms with E-state index < -0.39 is 0 Å². The number of nitrogens with zero attached hydrogens (tertiary/aromatic N) is 3. The lowest BCUT2D eigenvalue weighted by Crippen LogP contribution is -2.36. The van der Waals surface area contributed by atoms with E-state index in [2.05, 4.69) is 21.3 Å². The van der Waals surface area contributed by atoms with Crippen LogP contribution in [0.15, 0.2) is 47.8 Å². The third kappa shape index (κ3) is 4.70. The molecule has 33 heavy (non-hydrogen) atoms. The summed E-state index contributed by atoms with van der Waals surface area (Å²) in [4.78, 5) is 34.2. The van der Waals surface area contributed by atoms with E-state index in [1.807, 2.05) is 53.6 Å². The number of hydrogen-bond acceptors (Lipinski definition) is 5. The van der Waals surface area contributed by atoms with Crippen LogP contribution in [0.4, 0.5) is 10.8 Å². The molecule has 2 aliphatic rings. The number of rotatable bonds is 5. The second-order valence-corrected chi connectivity index (χ2v) is 9.65. The minimum absolute atomic E-state index is 0.00267. The third-order valence-corrected chi connectivity index (χ3v) is 7.22. The standard InChI is InChI=1S/C26H28N4O2S/c1-18-7-3-4-8-21(18)25(32)30-14-11-20-15-19(9-10-23(20)30)22-17-33-26(27-22)28-24(31)16-29-12-5-2-6-13-29/h3-4,7-10,15,17H,2,5-6,11-14,16H2,1H3,(H,27,28,31). The smallest absolute Gasteiger partial charge is 0.258 e. The molecule has 0 bridgehead atoms. The summed E-state index contributed by atoms with van der Waals surface area (Å²) < 4.78 is 0. The van der Waals surface area contributed by atoms with Crippen LogP contribution >= 0.6 is 11.3 Å². The predicted molar refractivity (Wildman–Crippen MR) is 133 cm³/mol. The van der Waals surface area contributed by atoms with Gasteiger partial charge in [0.05, 0.1) is 12.2 Å². The van der Waals surface area contributed by atoms with Crippen molar-refractivity contribution in [2.24, 2.45) is 0 Å². The molecule has 2 aliphatic heterocycles. The number of amides is 2. The number of hydrogen-bond donors (Lipinski definition) is 1. The Hall–Kier alpha value is -3.03. The van der Waals surface area contributed by atoms with Gasteiger partial charge in [-0.1, -0.05) is 30.7 Å². The number of piperidine rings is 1. The van der Waals surface area contributed by atoms with E-state index >= 15 is 0 Å². The second-order valence-electron chi connectivity index (χ2n) is 8.79. The van der Waals surface area contributed by atoms with Crippen LogP contribution in [0.3, 0.4) is 0 Å². The fourth-order valence-corrected chi connectivity index (χ4v) is 5.41. The van der Waals surface area contributed by atoms with Gasteiger partial charge < -0.3 is 10.2 Å². The Morgan fingerprint density at radius 2 is 1.88 bits per heavy atom. The van der Waals surface area contributed by atoms with Gasteiger partial charge in [0.2, 0.25) is 5.91 Å². The molecular weight excluding hydrogens is 432 g/mol. The van der Waals surface area contributed by atoms with Crippen molar-refractivity contribution in [3.05, 3.63) is 64.5 Å². The van der Waals surface area contributed by atoms with E-state index in [0.717, 1.165) is 53.1 Å². The molecule has 7 heteroatoms. The van der Waals surface area contributed by atoms with E-state index in [9.17, 15) is 9.59 Å². The normalized spacial score (nSPS) is 16.0. The van der Waals surface area contributed by atoms with Gasteiger partial charge in [0.1, 0.15) is 0 Å². The van der Waals surface area contributed by atoms with E-state index in [0.29, 0.717) is 18.2 Å². The lowest BCUT2D eigenvalue weighted by atomic mass is 10.1. The van der Waals surface area contributed by atoms with Gasteiger partial charge in [0.25, 0.3) is 5.91 Å². The highest BCUT2D eigenvalue weighted by molar-refractivity contribution is 7.14. The van der Waals surface area contributed by atoms with Crippen molar-refractivity contribution >= 4 is 34.0 Å². The first-order valence-electron chi connectivity index (χ1n) is 11.6. The van der Waals surface area contributed by atoms with Crippen LogP contribution < -0.4 is 10.2 Å². The molecule has 2 aromatic carbocycles. The van der Waals surface area contributed by atoms with Crippen LogP contribution in [0, 0.1) is 6.92 Å². The molecule has 3 aromatic rings. The fraction of sp³-hybridized carbons (Fsp3) is 0.346. The van der Waals surface area contributed by atoms with Gasteiger partial charge >= 0.3 is 0 Å². The molecule has 1 N–H and O–H groups in total. The summed E-state index contributed by atoms with van der Waals surface area (Å²) in [5.74, 6) is 0.0454. The number of anilines is 2. The van der Waals surface area contributed by atoms with Crippen molar-refractivity contribution in [3.63, 3.8) is 0 Å². The van der Waals surface area contributed by atoms with Gasteiger partial charge in [0, 0.05) is 28.7 Å². The van der Waals surface area contributed by atoms with Gasteiger partial charge in [-0.15, -0.1) is 11.3 Å². The van der Waals surface area contributed by atoms with Gasteiger partial charge in [-0.2, -0.15) is 0 Å². The van der Waals surface area contributed by atoms with Gasteiger partial charge in [0.15, 0.2) is 5.13 Å². The van der Waals surface area contributed by atoms with Crippen molar-refractivity contribution in [3.8, 4) is 11.3 Å². The monoisotopic (exact) mass is 460 g/mol. The first-order valence-corrected chi connectivity index (χ1v) is 12.4. The van der Waals surface area contributed by atoms with Crippen LogP contribution in [0.25, 0.3) is 11.3 Å². The number of carbonyl (C=O) groups excluding carboxylic acids is 2. The molecule has 1 aromatic heterocycles. The maximum Gasteiger partial charge on any atom is 0.258 e. The Morgan fingerprint density at radius 3 is 2.70 bits per heavy atom. The van der Waals surface area contributed by atoms with Crippen molar-refractivity contribution < 1.29 is 9.59 Å². The first kappa shape index (κ1) is 21.8. The number of thiazole rings is 1. The Labute approximate surface area is 198 Å². The van der Waals surface area contributed by atoms with E-state index in [-0.39, 0.29) is 11.8 Å². The van der Waals surface area contributed by atoms with Gasteiger partial charge in [-0.05, 0) is 68.6 Å². The minimum Gasteiger partial charge on any atom is -0.308 e. The van der Waals surface area contributed by atoms with Crippen LogP contribution in [0.5, 0.6) is 0 Å². The van der Waals surface area contributed by atoms with Crippen LogP contribution in [0.2, 0.25) is 0 Å². The third-order valence-electron chi connectivity index (χ3n) is 6.46. The van der Waals surface area contributed by atoms with Crippen LogP contribution in [-0.2, 0) is 11.2 Å². The molecule has 6 nitrogen and oxygen atoms in total. The highest BCUT2D eigenvalue weighted by atomic mass is 32.1. The SMILES string of the molecule is Cc1ccccc1C(=O)N1CCc2cc(-c3csc(NC(=O)CN4CCCCC4)n3)ccc21. The van der Waals surface area contributed by atoms with E-state index in [1.54, 1.807) is 0 Å². The Bertz CT molecular complexity index is 1180. The average molecular weight is 461 g/mol. The summed E-state index contributed by atoms with van der Waals surface area (Å²) in [5.41, 5.74) is 5.71. The summed E-state index contributed by atoms with van der Waals surface area (Å²) in [6.07, 6.45) is 4.42. The van der Waals surface area contributed by atoms with Crippen molar-refractivity contribution in [1.29, 1.82) is 0 Å². The Morgan fingerprint density at radius 1 is 1.06 bits per heavy atom. The predicted octanol–water partition coefficient (Wildman–Crippen LogP) is 4.75. The lowest BCUT2D eigenvalue weighted by Gasteiger charge is -2.25. The molecule has 1 fully saturated rings. The van der Waals surface area contributed by atoms with Crippen LogP contribution in [0.1, 0.15) is 40.7 Å². The van der Waals surface area contributed by atoms with Crippen LogP contribution in [-0.4, -0.2) is 47.9 Å². The number of carbonyl (C=O) groups is 2. The molecule has 3 heterocycles. The molecule has 0 atom stereocenters. The molecular formula is C26H28N4O2S. The maximum absolute atomic E-state index is 13.1. The molecule has 170 valence electrons. The zero-order chi connectivity index (χ0) is 22.8. The molecule has 0 aliphatic carbocycles. The van der Waals surface area contributed by atoms with Gasteiger partial charge in [-0.25, -0.2) is 4.98 Å². The van der Waals surface area contributed by atoms with Crippen molar-refractivity contribution in [2.45, 2.75) is 32.6 Å². The maximum atomic E-state index is 13.1. The molecule has 0 spiro atoms. The average Bonchev–Trinajstić information content (AvgIpc) is 3.46. The molecule has 0 saturated carbocycles. The number of aromatic nitrogens is 1. The zero-order valence-corrected chi connectivity index (χ0v) is 19.7. The van der Waals surface area contributed by atoms with E-state index in [4.69, 9.17) is 0 Å². The highest BCUT2D eigenvalue weighted by Crippen LogP contribution is 2.34. The fourth-order valence-electron chi connectivity index (χ4n) is 4.67. The minimum atomic E-state index is -0.00267. The topological polar surface area (TPSA) is 65.5 Å². The largest absolute Gasteiger partial charge is 0.308 e. The number of nitrogens with one attached hydrogen (secondary N) is 1. The lowest BCUT2D eigenvalue weighted by molar-refractivity contribution is -0.117. The molecule has 2 amide bonds. The van der Waals surface area contributed by atoms with Crippen molar-refractivity contribution in [2.75, 3.05) is 36.4 Å². The zero-order valence-electron chi connectivity index (χ0n) is 18.8. The molecule has 5 rings (SSSR count). The quantitative estimate of drug-likeness (QED) is 0.597. The Kier molecular flexibility index (Phi) is 6.24. The van der Waals surface area contributed by atoms with E-state index in [1.165, 1.54) is 30.6 Å². The molecule has 1 saturated heterocycles. The summed E-state index contributed by atoms with van der Waals surface area (Å²) in [6.45, 7) is 5.07. The number of aryl methyl sites for hydroxylation is 1. The summed E-state index contributed by atoms with van der Waals surface area (Å²) >= 11 is 1.45. The van der Waals surface area contributed by atoms with Crippen molar-refractivity contribution in [1.82, 2.24) is 9.88 Å². The second kappa shape index (κ2) is 9.45. The number of benzene rings is 2. The summed E-state index contributed by atoms with van der Waals surface area (Å²) in [7, 11) is 0. The Balaban J connectivity index is 1.27. The number of likely N-dealkylation sites (tertiary alicyclic amines) is 1. The first-order chi connectivity index (χ1) is 16.1. The number of fused-ring (bicyclic) bond motifs is 1. The van der Waals surface area contributed by atoms with Gasteiger partial charge in [-0.3, -0.25) is 14.5 Å². The molecule has 0 radical (unpaired) electrons.